The van der Waals surface area contributed by atoms with E-state index >= 15 is 0 Å². The Balaban J connectivity index is 1.34. The summed E-state index contributed by atoms with van der Waals surface area (Å²) in [6.45, 7) is 4.40. The fraction of sp³-hybridized carbons (Fsp3) is 0.435. The fourth-order valence-electron chi connectivity index (χ4n) is 3.77. The van der Waals surface area contributed by atoms with Crippen LogP contribution in [0.25, 0.3) is 6.08 Å². The zero-order chi connectivity index (χ0) is 21.8. The molecule has 31 heavy (non-hydrogen) atoms. The van der Waals surface area contributed by atoms with Crippen LogP contribution >= 0.6 is 0 Å². The molecule has 0 radical (unpaired) electrons. The number of benzene rings is 1. The van der Waals surface area contributed by atoms with Gasteiger partial charge in [-0.2, -0.15) is 0 Å². The Morgan fingerprint density at radius 1 is 1.16 bits per heavy atom. The summed E-state index contributed by atoms with van der Waals surface area (Å²) in [4.78, 5) is 15.0. The van der Waals surface area contributed by atoms with Crippen LogP contribution in [-0.2, 0) is 14.8 Å². The average molecular weight is 444 g/mol. The van der Waals surface area contributed by atoms with Crippen LogP contribution in [0.2, 0.25) is 0 Å². The van der Waals surface area contributed by atoms with Crippen LogP contribution in [0.3, 0.4) is 0 Å². The van der Waals surface area contributed by atoms with E-state index in [0.717, 1.165) is 55.9 Å². The van der Waals surface area contributed by atoms with E-state index < -0.39 is 10.0 Å². The van der Waals surface area contributed by atoms with E-state index in [1.165, 1.54) is 6.08 Å². The standard InChI is InChI=1S/C23H29N3O4S/c1-17-4-12-22(30-17)21(26-14-2-3-15-26)16-24-23(27)13-7-18-5-10-20(11-6-18)31(28,29)25-19-8-9-19/h4-7,10-13,19,21,25H,2-3,8-9,14-16H2,1H3,(H,24,27)/b13-7+. The molecule has 1 atom stereocenters. The molecule has 2 aliphatic rings. The van der Waals surface area contributed by atoms with Crippen molar-refractivity contribution < 1.29 is 17.6 Å². The van der Waals surface area contributed by atoms with E-state index in [9.17, 15) is 13.2 Å². The molecule has 1 unspecified atom stereocenters. The van der Waals surface area contributed by atoms with Gasteiger partial charge >= 0.3 is 0 Å². The van der Waals surface area contributed by atoms with Gasteiger partial charge in [0.15, 0.2) is 0 Å². The predicted molar refractivity (Wildman–Crippen MR) is 119 cm³/mol. The molecule has 1 aromatic heterocycles. The van der Waals surface area contributed by atoms with Gasteiger partial charge in [-0.05, 0) is 81.6 Å². The largest absolute Gasteiger partial charge is 0.465 e. The van der Waals surface area contributed by atoms with E-state index in [4.69, 9.17) is 4.42 Å². The number of furan rings is 1. The van der Waals surface area contributed by atoms with E-state index in [2.05, 4.69) is 14.9 Å². The molecule has 1 saturated heterocycles. The molecular formula is C23H29N3O4S. The zero-order valence-electron chi connectivity index (χ0n) is 17.7. The maximum absolute atomic E-state index is 12.4. The van der Waals surface area contributed by atoms with Gasteiger partial charge in [-0.3, -0.25) is 9.69 Å². The lowest BCUT2D eigenvalue weighted by Gasteiger charge is -2.25. The first-order valence-electron chi connectivity index (χ1n) is 10.8. The Kier molecular flexibility index (Phi) is 6.60. The molecule has 1 aromatic carbocycles. The number of aryl methyl sites for hydroxylation is 1. The number of nitrogens with zero attached hydrogens (tertiary/aromatic N) is 1. The third-order valence-electron chi connectivity index (χ3n) is 5.66. The highest BCUT2D eigenvalue weighted by molar-refractivity contribution is 7.89. The Hall–Kier alpha value is -2.42. The summed E-state index contributed by atoms with van der Waals surface area (Å²) in [5.41, 5.74) is 0.762. The molecule has 2 N–H and O–H groups in total. The first kappa shape index (κ1) is 21.8. The highest BCUT2D eigenvalue weighted by atomic mass is 32.2. The van der Waals surface area contributed by atoms with Crippen molar-refractivity contribution >= 4 is 22.0 Å². The van der Waals surface area contributed by atoms with E-state index in [-0.39, 0.29) is 22.9 Å². The molecule has 166 valence electrons. The molecule has 1 amide bonds. The number of carbonyl (C=O) groups is 1. The summed E-state index contributed by atoms with van der Waals surface area (Å²) in [6.07, 6.45) is 7.26. The summed E-state index contributed by atoms with van der Waals surface area (Å²) >= 11 is 0. The molecule has 2 aromatic rings. The minimum Gasteiger partial charge on any atom is -0.465 e. The summed E-state index contributed by atoms with van der Waals surface area (Å²) in [6, 6.07) is 10.5. The van der Waals surface area contributed by atoms with Crippen molar-refractivity contribution in [2.45, 2.75) is 49.6 Å². The molecular weight excluding hydrogens is 414 g/mol. The second kappa shape index (κ2) is 9.38. The van der Waals surface area contributed by atoms with Crippen LogP contribution in [-0.4, -0.2) is 44.9 Å². The number of amides is 1. The van der Waals surface area contributed by atoms with Crippen molar-refractivity contribution in [3.63, 3.8) is 0 Å². The van der Waals surface area contributed by atoms with Gasteiger partial charge in [0.1, 0.15) is 11.5 Å². The van der Waals surface area contributed by atoms with Gasteiger partial charge in [-0.25, -0.2) is 13.1 Å². The molecule has 8 heteroatoms. The lowest BCUT2D eigenvalue weighted by molar-refractivity contribution is -0.116. The van der Waals surface area contributed by atoms with Gasteiger partial charge < -0.3 is 9.73 Å². The second-order valence-electron chi connectivity index (χ2n) is 8.25. The lowest BCUT2D eigenvalue weighted by Crippen LogP contribution is -2.36. The van der Waals surface area contributed by atoms with Crippen molar-refractivity contribution in [1.29, 1.82) is 0 Å². The van der Waals surface area contributed by atoms with E-state index in [1.807, 2.05) is 19.1 Å². The maximum Gasteiger partial charge on any atom is 0.244 e. The number of sulfonamides is 1. The molecule has 7 nitrogen and oxygen atoms in total. The molecule has 4 rings (SSSR count). The second-order valence-corrected chi connectivity index (χ2v) is 9.96. The van der Waals surface area contributed by atoms with Crippen molar-refractivity contribution in [2.24, 2.45) is 0 Å². The van der Waals surface area contributed by atoms with Crippen LogP contribution in [0.4, 0.5) is 0 Å². The predicted octanol–water partition coefficient (Wildman–Crippen LogP) is 3.00. The topological polar surface area (TPSA) is 91.6 Å². The third-order valence-corrected chi connectivity index (χ3v) is 7.19. The Morgan fingerprint density at radius 2 is 1.87 bits per heavy atom. The molecule has 0 bridgehead atoms. The number of hydrogen-bond donors (Lipinski definition) is 2. The Bertz CT molecular complexity index is 1030. The van der Waals surface area contributed by atoms with Crippen molar-refractivity contribution in [3.8, 4) is 0 Å². The van der Waals surface area contributed by atoms with Crippen LogP contribution in [0.15, 0.2) is 51.8 Å². The van der Waals surface area contributed by atoms with E-state index in [1.54, 1.807) is 30.3 Å². The molecule has 2 fully saturated rings. The van der Waals surface area contributed by atoms with E-state index in [0.29, 0.717) is 6.54 Å². The van der Waals surface area contributed by atoms with Crippen LogP contribution < -0.4 is 10.0 Å². The minimum absolute atomic E-state index is 0.0250. The lowest BCUT2D eigenvalue weighted by atomic mass is 10.2. The number of nitrogens with one attached hydrogen (secondary N) is 2. The summed E-state index contributed by atoms with van der Waals surface area (Å²) in [5.74, 6) is 1.54. The van der Waals surface area contributed by atoms with Crippen molar-refractivity contribution in [3.05, 3.63) is 59.6 Å². The minimum atomic E-state index is -3.46. The summed E-state index contributed by atoms with van der Waals surface area (Å²) < 4.78 is 32.9. The molecule has 0 spiro atoms. The first-order valence-corrected chi connectivity index (χ1v) is 12.3. The highest BCUT2D eigenvalue weighted by Crippen LogP contribution is 2.26. The average Bonchev–Trinajstić information content (AvgIpc) is 3.20. The smallest absolute Gasteiger partial charge is 0.244 e. The molecule has 1 saturated carbocycles. The number of rotatable bonds is 9. The quantitative estimate of drug-likeness (QED) is 0.582. The number of likely N-dealkylation sites (tertiary alicyclic amines) is 1. The maximum atomic E-state index is 12.4. The third kappa shape index (κ3) is 5.84. The van der Waals surface area contributed by atoms with Crippen LogP contribution in [0.5, 0.6) is 0 Å². The van der Waals surface area contributed by atoms with Crippen molar-refractivity contribution in [2.75, 3.05) is 19.6 Å². The summed E-state index contributed by atoms with van der Waals surface area (Å²) in [7, 11) is -3.46. The fourth-order valence-corrected chi connectivity index (χ4v) is 5.08. The number of carbonyl (C=O) groups excluding carboxylic acids is 1. The molecule has 1 aliphatic heterocycles. The first-order chi connectivity index (χ1) is 14.9. The van der Waals surface area contributed by atoms with Crippen LogP contribution in [0, 0.1) is 6.92 Å². The van der Waals surface area contributed by atoms with Gasteiger partial charge in [0.2, 0.25) is 15.9 Å². The SMILES string of the molecule is Cc1ccc(C(CNC(=O)/C=C/c2ccc(S(=O)(=O)NC3CC3)cc2)N2CCCC2)o1. The Labute approximate surface area is 183 Å². The van der Waals surface area contributed by atoms with Gasteiger partial charge in [0, 0.05) is 18.7 Å². The van der Waals surface area contributed by atoms with Gasteiger partial charge in [0.25, 0.3) is 0 Å². The Morgan fingerprint density at radius 3 is 2.48 bits per heavy atom. The van der Waals surface area contributed by atoms with Gasteiger partial charge in [-0.15, -0.1) is 0 Å². The molecule has 1 aliphatic carbocycles. The monoisotopic (exact) mass is 443 g/mol. The summed E-state index contributed by atoms with van der Waals surface area (Å²) in [5, 5.41) is 2.97. The van der Waals surface area contributed by atoms with Gasteiger partial charge in [0.05, 0.1) is 10.9 Å². The van der Waals surface area contributed by atoms with Crippen molar-refractivity contribution in [1.82, 2.24) is 14.9 Å². The normalized spacial score (nSPS) is 18.5. The number of hydrogen-bond acceptors (Lipinski definition) is 5. The zero-order valence-corrected chi connectivity index (χ0v) is 18.5. The molecule has 2 heterocycles. The van der Waals surface area contributed by atoms with Gasteiger partial charge in [-0.1, -0.05) is 12.1 Å². The highest BCUT2D eigenvalue weighted by Gasteiger charge is 2.28. The van der Waals surface area contributed by atoms with Crippen LogP contribution in [0.1, 0.15) is 48.8 Å².